The van der Waals surface area contributed by atoms with E-state index >= 15 is 0 Å². The molecule has 0 aliphatic rings. The Balaban J connectivity index is 2.24. The largest absolute Gasteiger partial charge is 0.359 e. The van der Waals surface area contributed by atoms with Crippen LogP contribution < -0.4 is 21.7 Å². The minimum atomic E-state index is 0.105. The highest BCUT2D eigenvalue weighted by Crippen LogP contribution is 2.14. The normalized spacial score (nSPS) is 13.1. The third-order valence-electron chi connectivity index (χ3n) is 4.11. The number of anilines is 1. The minimum Gasteiger partial charge on any atom is -0.359 e. The Morgan fingerprint density at radius 1 is 0.960 bits per heavy atom. The molecule has 2 aromatic carbocycles. The van der Waals surface area contributed by atoms with Gasteiger partial charge >= 0.3 is 0 Å². The topological polar surface area (TPSA) is 66.7 Å². The van der Waals surface area contributed by atoms with E-state index in [0.29, 0.717) is 11.7 Å². The van der Waals surface area contributed by atoms with E-state index in [9.17, 15) is 0 Å². The first-order valence-corrected chi connectivity index (χ1v) is 8.64. The molecule has 0 aromatic heterocycles. The predicted octanol–water partition coefficient (Wildman–Crippen LogP) is 3.27. The van der Waals surface area contributed by atoms with Crippen LogP contribution in [0.25, 0.3) is 0 Å². The highest BCUT2D eigenvalue weighted by atomic mass is 15.2. The van der Waals surface area contributed by atoms with E-state index in [1.54, 1.807) is 0 Å². The third-order valence-corrected chi connectivity index (χ3v) is 4.11. The van der Waals surface area contributed by atoms with E-state index < -0.39 is 0 Å². The number of rotatable bonds is 8. The molecule has 4 nitrogen and oxygen atoms in total. The minimum absolute atomic E-state index is 0.105. The van der Waals surface area contributed by atoms with Gasteiger partial charge in [-0.25, -0.2) is 0 Å². The van der Waals surface area contributed by atoms with Crippen molar-refractivity contribution >= 4 is 11.4 Å². The van der Waals surface area contributed by atoms with Crippen LogP contribution in [0.3, 0.4) is 0 Å². The summed E-state index contributed by atoms with van der Waals surface area (Å²) < 4.78 is 0. The summed E-state index contributed by atoms with van der Waals surface area (Å²) in [6, 6.07) is 20.2. The highest BCUT2D eigenvalue weighted by Gasteiger charge is 2.16. The Morgan fingerprint density at radius 3 is 2.08 bits per heavy atom. The van der Waals surface area contributed by atoms with Gasteiger partial charge in [0.2, 0.25) is 5.82 Å². The van der Waals surface area contributed by atoms with Crippen LogP contribution in [0, 0.1) is 5.92 Å². The second-order valence-corrected chi connectivity index (χ2v) is 6.47. The van der Waals surface area contributed by atoms with E-state index in [0.717, 1.165) is 22.8 Å². The van der Waals surface area contributed by atoms with Gasteiger partial charge in [0.25, 0.3) is 0 Å². The van der Waals surface area contributed by atoms with Crippen LogP contribution in [0.15, 0.2) is 84.5 Å². The maximum absolute atomic E-state index is 6.39. The Kier molecular flexibility index (Phi) is 6.66. The van der Waals surface area contributed by atoms with Gasteiger partial charge in [-0.2, -0.15) is 0 Å². The molecule has 25 heavy (non-hydrogen) atoms. The second-order valence-electron chi connectivity index (χ2n) is 6.47. The molecule has 1 atom stereocenters. The lowest BCUT2D eigenvalue weighted by Crippen LogP contribution is -2.79. The molecule has 0 bridgehead atoms. The zero-order valence-electron chi connectivity index (χ0n) is 15.3. The fourth-order valence-electron chi connectivity index (χ4n) is 2.47. The number of hydrogen-bond acceptors (Lipinski definition) is 3. The highest BCUT2D eigenvalue weighted by molar-refractivity contribution is 5.48. The second kappa shape index (κ2) is 8.94. The summed E-state index contributed by atoms with van der Waals surface area (Å²) >= 11 is 0. The van der Waals surface area contributed by atoms with Crippen molar-refractivity contribution < 1.29 is 5.32 Å². The molecule has 0 saturated carbocycles. The van der Waals surface area contributed by atoms with Crippen molar-refractivity contribution in [1.29, 1.82) is 0 Å². The van der Waals surface area contributed by atoms with Crippen LogP contribution in [0.4, 0.5) is 11.4 Å². The molecule has 2 rings (SSSR count). The van der Waals surface area contributed by atoms with Crippen LogP contribution in [0.1, 0.15) is 20.8 Å². The number of quaternary nitrogens is 1. The summed E-state index contributed by atoms with van der Waals surface area (Å²) in [7, 11) is 0. The first kappa shape index (κ1) is 18.6. The Morgan fingerprint density at radius 2 is 1.52 bits per heavy atom. The lowest BCUT2D eigenvalue weighted by atomic mass is 9.99. The van der Waals surface area contributed by atoms with Crippen molar-refractivity contribution in [2.24, 2.45) is 11.7 Å². The molecule has 1 unspecified atom stereocenters. The summed E-state index contributed by atoms with van der Waals surface area (Å²) in [4.78, 5) is 0. The van der Waals surface area contributed by atoms with E-state index in [2.05, 4.69) is 38.0 Å². The van der Waals surface area contributed by atoms with Crippen molar-refractivity contribution in [1.82, 2.24) is 5.32 Å². The van der Waals surface area contributed by atoms with Gasteiger partial charge in [0, 0.05) is 11.7 Å². The fourth-order valence-corrected chi connectivity index (χ4v) is 2.47. The van der Waals surface area contributed by atoms with Gasteiger partial charge in [-0.15, -0.1) is 0 Å². The lowest BCUT2D eigenvalue weighted by Gasteiger charge is -2.23. The van der Waals surface area contributed by atoms with Crippen LogP contribution in [0.5, 0.6) is 0 Å². The summed E-state index contributed by atoms with van der Waals surface area (Å²) in [5.41, 5.74) is 9.57. The number of para-hydroxylation sites is 2. The summed E-state index contributed by atoms with van der Waals surface area (Å²) in [5, 5.41) is 8.84. The van der Waals surface area contributed by atoms with Crippen LogP contribution in [-0.2, 0) is 0 Å². The Bertz CT molecular complexity index is 705. The maximum atomic E-state index is 6.39. The number of hydrogen-bond donors (Lipinski definition) is 4. The SMILES string of the molecule is C=C(C(C)C)C(C)NC(Nc1ccccc1)=C(N)[NH2+]c1ccccc1. The smallest absolute Gasteiger partial charge is 0.241 e. The van der Waals surface area contributed by atoms with Crippen molar-refractivity contribution in [2.45, 2.75) is 26.8 Å². The monoisotopic (exact) mass is 337 g/mol. The number of nitrogens with one attached hydrogen (secondary N) is 2. The molecule has 0 saturated heterocycles. The maximum Gasteiger partial charge on any atom is 0.241 e. The van der Waals surface area contributed by atoms with E-state index in [1.807, 2.05) is 66.0 Å². The molecule has 0 spiro atoms. The zero-order valence-corrected chi connectivity index (χ0v) is 15.3. The summed E-state index contributed by atoms with van der Waals surface area (Å²) in [6.45, 7) is 10.6. The molecule has 0 amide bonds. The summed E-state index contributed by atoms with van der Waals surface area (Å²) in [5.74, 6) is 1.84. The molecule has 0 radical (unpaired) electrons. The van der Waals surface area contributed by atoms with Gasteiger partial charge in [-0.3, -0.25) is 5.32 Å². The average molecular weight is 337 g/mol. The van der Waals surface area contributed by atoms with E-state index in [-0.39, 0.29) is 6.04 Å². The van der Waals surface area contributed by atoms with Crippen LogP contribution in [0.2, 0.25) is 0 Å². The van der Waals surface area contributed by atoms with Crippen molar-refractivity contribution in [2.75, 3.05) is 5.32 Å². The standard InChI is InChI=1S/C21H28N4/c1-15(2)16(3)17(4)23-21(25-19-13-9-6-10-14-19)20(22)24-18-11-7-5-8-12-18/h5-15,17,23-25H,3,22H2,1-2,4H3/p+1. The zero-order chi connectivity index (χ0) is 18.2. The van der Waals surface area contributed by atoms with Gasteiger partial charge in [0.15, 0.2) is 5.82 Å². The van der Waals surface area contributed by atoms with Crippen LogP contribution in [-0.4, -0.2) is 6.04 Å². The Labute approximate surface area is 150 Å². The molecule has 0 aliphatic heterocycles. The molecular weight excluding hydrogens is 308 g/mol. The first-order valence-electron chi connectivity index (χ1n) is 8.64. The lowest BCUT2D eigenvalue weighted by molar-refractivity contribution is -0.520. The van der Waals surface area contributed by atoms with Gasteiger partial charge in [-0.1, -0.05) is 62.4 Å². The average Bonchev–Trinajstić information content (AvgIpc) is 2.62. The molecule has 0 heterocycles. The van der Waals surface area contributed by atoms with Crippen molar-refractivity contribution in [3.63, 3.8) is 0 Å². The van der Waals surface area contributed by atoms with E-state index in [1.165, 1.54) is 0 Å². The number of nitrogens with two attached hydrogens (primary N) is 2. The first-order chi connectivity index (χ1) is 12.0. The van der Waals surface area contributed by atoms with Gasteiger partial charge in [-0.05, 0) is 37.1 Å². The molecule has 132 valence electrons. The molecular formula is C21H29N4+. The molecule has 0 aliphatic carbocycles. The molecule has 6 N–H and O–H groups in total. The third kappa shape index (κ3) is 5.69. The quantitative estimate of drug-likeness (QED) is 0.441. The fraction of sp³-hybridized carbons (Fsp3) is 0.238. The van der Waals surface area contributed by atoms with Gasteiger partial charge in [0.1, 0.15) is 5.69 Å². The van der Waals surface area contributed by atoms with Crippen molar-refractivity contribution in [3.8, 4) is 0 Å². The van der Waals surface area contributed by atoms with Gasteiger partial charge < -0.3 is 16.4 Å². The molecule has 4 heteroatoms. The molecule has 2 aromatic rings. The predicted molar refractivity (Wildman–Crippen MR) is 106 cm³/mol. The molecule has 0 fully saturated rings. The summed E-state index contributed by atoms with van der Waals surface area (Å²) in [6.07, 6.45) is 0. The van der Waals surface area contributed by atoms with E-state index in [4.69, 9.17) is 5.73 Å². The van der Waals surface area contributed by atoms with Crippen LogP contribution >= 0.6 is 0 Å². The Hall–Kier alpha value is -2.72. The van der Waals surface area contributed by atoms with Crippen molar-refractivity contribution in [3.05, 3.63) is 84.5 Å². The van der Waals surface area contributed by atoms with Gasteiger partial charge in [0.05, 0.1) is 0 Å². The number of benzene rings is 2.